The Labute approximate surface area is 424 Å². The van der Waals surface area contributed by atoms with Gasteiger partial charge in [0.1, 0.15) is 11.4 Å². The van der Waals surface area contributed by atoms with Crippen LogP contribution in [0.5, 0.6) is 0 Å². The van der Waals surface area contributed by atoms with Crippen molar-refractivity contribution < 1.29 is 75.7 Å². The number of amides is 2. The average molecular weight is 1090 g/mol. The molecule has 0 bridgehead atoms. The van der Waals surface area contributed by atoms with Crippen molar-refractivity contribution in [2.75, 3.05) is 23.7 Å². The van der Waals surface area contributed by atoms with Crippen LogP contribution in [0.25, 0.3) is 21.5 Å². The van der Waals surface area contributed by atoms with Crippen molar-refractivity contribution in [3.63, 3.8) is 0 Å². The second-order valence-electron chi connectivity index (χ2n) is 19.2. The lowest BCUT2D eigenvalue weighted by Crippen LogP contribution is -2.32. The first-order chi connectivity index (χ1) is 34.0. The summed E-state index contributed by atoms with van der Waals surface area (Å²) in [6.07, 6.45) is 11.6. The number of unbranched alkanes of at least 4 members (excludes halogenated alkanes) is 3. The molecule has 1 saturated heterocycles. The first kappa shape index (κ1) is 55.1. The largest absolute Gasteiger partial charge is 0.344 e. The summed E-state index contributed by atoms with van der Waals surface area (Å²) in [5.74, 6) is -2.67. The Balaban J connectivity index is 1.32. The third kappa shape index (κ3) is 11.4. The van der Waals surface area contributed by atoms with Gasteiger partial charge < -0.3 is 9.74 Å². The van der Waals surface area contributed by atoms with Crippen LogP contribution in [0.4, 0.5) is 11.4 Å². The molecule has 4 N–H and O–H groups in total. The van der Waals surface area contributed by atoms with E-state index in [1.807, 2.05) is 45.1 Å². The minimum Gasteiger partial charge on any atom is -0.344 e. The number of nitrogens with zero attached hydrogens (tertiary/aromatic N) is 3. The third-order valence-electron chi connectivity index (χ3n) is 13.8. The highest BCUT2D eigenvalue weighted by Gasteiger charge is 2.47. The molecule has 0 aromatic heterocycles. The summed E-state index contributed by atoms with van der Waals surface area (Å²) >= 11 is 0. The average Bonchev–Trinajstić information content (AvgIpc) is 3.81. The van der Waals surface area contributed by atoms with Gasteiger partial charge in [-0.25, -0.2) is 4.79 Å². The Hall–Kier alpha value is -5.66. The van der Waals surface area contributed by atoms with Crippen molar-refractivity contribution in [1.82, 2.24) is 5.06 Å². The van der Waals surface area contributed by atoms with Crippen molar-refractivity contribution in [3.05, 3.63) is 101 Å². The molecule has 3 aliphatic heterocycles. The maximum absolute atomic E-state index is 12.8. The number of anilines is 1. The molecule has 0 spiro atoms. The van der Waals surface area contributed by atoms with Crippen LogP contribution in [0.2, 0.25) is 0 Å². The van der Waals surface area contributed by atoms with E-state index in [-0.39, 0.29) is 60.7 Å². The zero-order valence-electron chi connectivity index (χ0n) is 40.9. The monoisotopic (exact) mass is 1080 g/mol. The number of carbonyl (C=O) groups is 3. The first-order valence-corrected chi connectivity index (χ1v) is 29.5. The number of imide groups is 1. The summed E-state index contributed by atoms with van der Waals surface area (Å²) in [4.78, 5) is 41.7. The lowest BCUT2D eigenvalue weighted by atomic mass is 9.75. The van der Waals surface area contributed by atoms with Crippen LogP contribution < -0.4 is 4.90 Å². The zero-order chi connectivity index (χ0) is 53.6. The molecular weight excluding hydrogens is 1030 g/mol. The van der Waals surface area contributed by atoms with Crippen molar-refractivity contribution in [1.29, 1.82) is 0 Å². The van der Waals surface area contributed by atoms with Crippen molar-refractivity contribution in [2.24, 2.45) is 0 Å². The predicted octanol–water partition coefficient (Wildman–Crippen LogP) is 7.83. The summed E-state index contributed by atoms with van der Waals surface area (Å²) in [7, 11) is -19.1. The summed E-state index contributed by atoms with van der Waals surface area (Å²) in [5, 5.41) is 1.94. The molecule has 2 amide bonds. The van der Waals surface area contributed by atoms with E-state index in [9.17, 15) is 66.3 Å². The molecule has 1 atom stereocenters. The molecule has 4 aromatic carbocycles. The van der Waals surface area contributed by atoms with E-state index in [4.69, 9.17) is 4.84 Å². The maximum atomic E-state index is 12.8. The molecule has 1 fully saturated rings. The van der Waals surface area contributed by atoms with Gasteiger partial charge in [0.15, 0.2) is 5.71 Å². The molecule has 19 nitrogen and oxygen atoms in total. The van der Waals surface area contributed by atoms with E-state index in [1.54, 1.807) is 36.1 Å². The van der Waals surface area contributed by atoms with E-state index in [1.165, 1.54) is 18.2 Å². The molecule has 0 saturated carbocycles. The Morgan fingerprint density at radius 1 is 0.726 bits per heavy atom. The van der Waals surface area contributed by atoms with E-state index in [2.05, 4.69) is 11.5 Å². The number of rotatable bonds is 20. The minimum absolute atomic E-state index is 0.0180. The normalized spacial score (nSPS) is 18.9. The van der Waals surface area contributed by atoms with Gasteiger partial charge in [-0.3, -0.25) is 27.8 Å². The number of aryl methyl sites for hydroxylation is 1. The topological polar surface area (TPSA) is 287 Å². The fourth-order valence-corrected chi connectivity index (χ4v) is 12.8. The lowest BCUT2D eigenvalue weighted by molar-refractivity contribution is -0.438. The number of hydrogen-bond donors (Lipinski definition) is 4. The van der Waals surface area contributed by atoms with Crippen LogP contribution in [0, 0.1) is 6.92 Å². The second kappa shape index (κ2) is 20.6. The summed E-state index contributed by atoms with van der Waals surface area (Å²) < 4.78 is 142. The predicted molar refractivity (Wildman–Crippen MR) is 272 cm³/mol. The minimum atomic E-state index is -5.10. The third-order valence-corrected chi connectivity index (χ3v) is 17.1. The molecule has 73 heavy (non-hydrogen) atoms. The van der Waals surface area contributed by atoms with Gasteiger partial charge in [-0.05, 0) is 117 Å². The van der Waals surface area contributed by atoms with E-state index < -0.39 is 84.6 Å². The maximum Gasteiger partial charge on any atom is 0.333 e. The quantitative estimate of drug-likeness (QED) is 0.0216. The van der Waals surface area contributed by atoms with Crippen LogP contribution in [0.3, 0.4) is 0 Å². The van der Waals surface area contributed by atoms with E-state index in [0.29, 0.717) is 58.4 Å². The number of carbonyl (C=O) groups excluding carboxylic acids is 3. The van der Waals surface area contributed by atoms with Crippen LogP contribution in [0.15, 0.2) is 99.3 Å². The molecule has 392 valence electrons. The highest BCUT2D eigenvalue weighted by Crippen LogP contribution is 2.54. The van der Waals surface area contributed by atoms with Crippen LogP contribution in [-0.4, -0.2) is 104 Å². The number of fused-ring (bicyclic) bond motifs is 6. The molecule has 3 aliphatic rings. The second-order valence-corrected chi connectivity index (χ2v) is 25.0. The van der Waals surface area contributed by atoms with E-state index in [0.717, 1.165) is 41.3 Å². The number of hydrogen-bond acceptors (Lipinski definition) is 13. The summed E-state index contributed by atoms with van der Waals surface area (Å²) in [6, 6.07) is 11.6. The Kier molecular flexibility index (Phi) is 15.5. The molecule has 1 unspecified atom stereocenters. The smallest absolute Gasteiger partial charge is 0.333 e. The van der Waals surface area contributed by atoms with E-state index >= 15 is 0 Å². The van der Waals surface area contributed by atoms with Crippen molar-refractivity contribution in [3.8, 4) is 0 Å². The van der Waals surface area contributed by atoms with Gasteiger partial charge in [0.25, 0.3) is 52.3 Å². The van der Waals surface area contributed by atoms with Crippen LogP contribution in [0.1, 0.15) is 109 Å². The Morgan fingerprint density at radius 2 is 1.36 bits per heavy atom. The first-order valence-electron chi connectivity index (χ1n) is 23.6. The van der Waals surface area contributed by atoms with Gasteiger partial charge in [0, 0.05) is 72.1 Å². The SMILES string of the molecule is CCCC[N+]1=C(/C=C/C=C/C=C2/N(CCCS(=O)(=O)O)c3ccc4c(S(=O)(=O)O)cc(S(=O)(=O)O)cc4c3C2(C)CCCCCC(=O)ON2C(=O)CCC2=O)C(C)(C)c2c1ccc1c(C)cc(S(=O)(=O)O)cc21. The number of benzene rings is 4. The number of allylic oxidation sites excluding steroid dienone is 6. The highest BCUT2D eigenvalue weighted by molar-refractivity contribution is 7.87. The van der Waals surface area contributed by atoms with Crippen molar-refractivity contribution in [2.45, 2.75) is 124 Å². The van der Waals surface area contributed by atoms with Gasteiger partial charge in [-0.1, -0.05) is 50.5 Å². The Bertz CT molecular complexity index is 3550. The van der Waals surface area contributed by atoms with Gasteiger partial charge in [0.2, 0.25) is 5.69 Å². The van der Waals surface area contributed by atoms with Gasteiger partial charge >= 0.3 is 5.97 Å². The van der Waals surface area contributed by atoms with Crippen molar-refractivity contribution >= 4 is 96.9 Å². The molecule has 0 radical (unpaired) electrons. The fourth-order valence-electron chi connectivity index (χ4n) is 10.4. The fraction of sp³-hybridized carbons (Fsp3) is 0.400. The zero-order valence-corrected chi connectivity index (χ0v) is 44.1. The summed E-state index contributed by atoms with van der Waals surface area (Å²) in [6.45, 7) is 10.4. The molecule has 23 heteroatoms. The molecule has 4 aromatic rings. The summed E-state index contributed by atoms with van der Waals surface area (Å²) in [5.41, 5.74) is 2.82. The van der Waals surface area contributed by atoms with Gasteiger partial charge in [0.05, 0.1) is 21.0 Å². The Morgan fingerprint density at radius 3 is 1.97 bits per heavy atom. The molecule has 0 aliphatic carbocycles. The number of hydroxylamine groups is 2. The van der Waals surface area contributed by atoms with Gasteiger partial charge in [-0.15, -0.1) is 5.06 Å². The van der Waals surface area contributed by atoms with Crippen LogP contribution >= 0.6 is 0 Å². The molecular formula is C50H58N3O16S4+. The molecule has 7 rings (SSSR count). The lowest BCUT2D eigenvalue weighted by Gasteiger charge is -2.31. The highest BCUT2D eigenvalue weighted by atomic mass is 32.2. The van der Waals surface area contributed by atoms with Crippen LogP contribution in [-0.2, 0) is 70.5 Å². The standard InChI is InChI=1S/C50H57N3O16S4/c1-6-7-25-51-39-20-18-35-32(2)28-33(71(60,61)62)29-37(35)47(39)49(3,4)42(51)15-10-8-11-16-43-50(5,24-13-9-12-17-46(56)69-53-44(54)22-23-45(53)55)48-38-30-34(72(63,64)65)31-41(73(66,67)68)36(38)19-21-40(48)52(43)26-14-27-70(57,58)59/h8,10-11,15-16,18-21,28-31H,6-7,9,12-14,17,22-27H2,1-5H3,(H3-,57,58,59,60,61,62,63,64,65,66,67,68)/p+1. The molecule has 3 heterocycles. The van der Waals surface area contributed by atoms with Gasteiger partial charge in [-0.2, -0.15) is 38.2 Å².